The molecule has 2 heterocycles. The molecule has 2 rings (SSSR count). The van der Waals surface area contributed by atoms with Crippen LogP contribution in [0.1, 0.15) is 17.0 Å². The predicted octanol–water partition coefficient (Wildman–Crippen LogP) is 1.04. The highest BCUT2D eigenvalue weighted by Gasteiger charge is 2.23. The van der Waals surface area contributed by atoms with Crippen LogP contribution in [0.5, 0.6) is 0 Å². The van der Waals surface area contributed by atoms with E-state index in [4.69, 9.17) is 5.73 Å². The molecule has 0 radical (unpaired) electrons. The molecule has 21 heavy (non-hydrogen) atoms. The minimum Gasteiger partial charge on any atom is -0.329 e. The fourth-order valence-corrected chi connectivity index (χ4v) is 4.39. The predicted molar refractivity (Wildman–Crippen MR) is 84.0 cm³/mol. The van der Waals surface area contributed by atoms with E-state index in [2.05, 4.69) is 9.82 Å². The SMILES string of the molecule is Cc1nn(CCN)c(C)c1S(=O)(=O)NCCc1ccsc1. The molecule has 6 nitrogen and oxygen atoms in total. The molecule has 0 aliphatic heterocycles. The van der Waals surface area contributed by atoms with Gasteiger partial charge in [-0.2, -0.15) is 16.4 Å². The van der Waals surface area contributed by atoms with Gasteiger partial charge in [0.1, 0.15) is 4.90 Å². The Kier molecular flexibility index (Phi) is 5.15. The maximum Gasteiger partial charge on any atom is 0.244 e. The number of nitrogens with two attached hydrogens (primary N) is 1. The number of nitrogens with one attached hydrogen (secondary N) is 1. The summed E-state index contributed by atoms with van der Waals surface area (Å²) in [7, 11) is -3.54. The summed E-state index contributed by atoms with van der Waals surface area (Å²) in [5, 5.41) is 8.24. The summed E-state index contributed by atoms with van der Waals surface area (Å²) in [6.07, 6.45) is 0.678. The molecule has 8 heteroatoms. The Morgan fingerprint density at radius 3 is 2.81 bits per heavy atom. The highest BCUT2D eigenvalue weighted by Crippen LogP contribution is 2.19. The van der Waals surface area contributed by atoms with Crippen molar-refractivity contribution in [2.24, 2.45) is 5.73 Å². The van der Waals surface area contributed by atoms with Gasteiger partial charge in [0.15, 0.2) is 0 Å². The molecule has 2 aromatic rings. The molecule has 2 aromatic heterocycles. The van der Waals surface area contributed by atoms with Crippen LogP contribution in [0.25, 0.3) is 0 Å². The Morgan fingerprint density at radius 2 is 2.19 bits per heavy atom. The second-order valence-corrected chi connectivity index (χ2v) is 7.27. The number of hydrogen-bond acceptors (Lipinski definition) is 5. The van der Waals surface area contributed by atoms with Gasteiger partial charge in [-0.25, -0.2) is 13.1 Å². The van der Waals surface area contributed by atoms with E-state index in [1.54, 1.807) is 29.9 Å². The third kappa shape index (κ3) is 3.70. The molecule has 0 fully saturated rings. The van der Waals surface area contributed by atoms with Gasteiger partial charge < -0.3 is 5.73 Å². The van der Waals surface area contributed by atoms with Crippen molar-refractivity contribution in [3.63, 3.8) is 0 Å². The molecule has 0 amide bonds. The molecule has 0 aromatic carbocycles. The van der Waals surface area contributed by atoms with Gasteiger partial charge in [0, 0.05) is 13.1 Å². The normalized spacial score (nSPS) is 12.0. The number of sulfonamides is 1. The number of thiophene rings is 1. The highest BCUT2D eigenvalue weighted by molar-refractivity contribution is 7.89. The summed E-state index contributed by atoms with van der Waals surface area (Å²) in [5.74, 6) is 0. The summed E-state index contributed by atoms with van der Waals surface area (Å²) in [5.41, 5.74) is 7.77. The number of aryl methyl sites for hydroxylation is 1. The first kappa shape index (κ1) is 16.2. The zero-order chi connectivity index (χ0) is 15.5. The molecule has 0 unspecified atom stereocenters. The van der Waals surface area contributed by atoms with Gasteiger partial charge in [-0.1, -0.05) is 0 Å². The van der Waals surface area contributed by atoms with Gasteiger partial charge in [-0.05, 0) is 42.7 Å². The molecular weight excluding hydrogens is 308 g/mol. The third-order valence-electron chi connectivity index (χ3n) is 3.21. The van der Waals surface area contributed by atoms with E-state index in [0.717, 1.165) is 5.56 Å². The van der Waals surface area contributed by atoms with Gasteiger partial charge >= 0.3 is 0 Å². The number of nitrogens with zero attached hydrogens (tertiary/aromatic N) is 2. The van der Waals surface area contributed by atoms with Crippen LogP contribution in [0, 0.1) is 13.8 Å². The fraction of sp³-hybridized carbons (Fsp3) is 0.462. The van der Waals surface area contributed by atoms with Gasteiger partial charge in [-0.3, -0.25) is 4.68 Å². The van der Waals surface area contributed by atoms with E-state index < -0.39 is 10.0 Å². The standard InChI is InChI=1S/C13H20N4O2S2/c1-10-13(11(2)17(16-10)7-5-14)21(18,19)15-6-3-12-4-8-20-9-12/h4,8-9,15H,3,5-7,14H2,1-2H3. The summed E-state index contributed by atoms with van der Waals surface area (Å²) < 4.78 is 29.1. The first-order chi connectivity index (χ1) is 9.95. The van der Waals surface area contributed by atoms with Crippen LogP contribution in [0.3, 0.4) is 0 Å². The summed E-state index contributed by atoms with van der Waals surface area (Å²) in [6.45, 7) is 4.76. The molecule has 0 atom stereocenters. The molecule has 0 spiro atoms. The molecule has 116 valence electrons. The minimum atomic E-state index is -3.54. The Hall–Kier alpha value is -1.22. The van der Waals surface area contributed by atoms with Crippen LogP contribution in [-0.2, 0) is 23.0 Å². The quantitative estimate of drug-likeness (QED) is 0.795. The maximum atomic E-state index is 12.4. The van der Waals surface area contributed by atoms with E-state index in [1.165, 1.54) is 0 Å². The summed E-state index contributed by atoms with van der Waals surface area (Å²) >= 11 is 1.61. The molecule has 0 saturated carbocycles. The van der Waals surface area contributed by atoms with Crippen molar-refractivity contribution < 1.29 is 8.42 Å². The van der Waals surface area contributed by atoms with Crippen LogP contribution >= 0.6 is 11.3 Å². The van der Waals surface area contributed by atoms with Crippen molar-refractivity contribution >= 4 is 21.4 Å². The largest absolute Gasteiger partial charge is 0.329 e. The number of aromatic nitrogens is 2. The first-order valence-electron chi connectivity index (χ1n) is 6.70. The summed E-state index contributed by atoms with van der Waals surface area (Å²) in [6, 6.07) is 1.99. The molecule has 0 saturated heterocycles. The lowest BCUT2D eigenvalue weighted by molar-refractivity contribution is 0.577. The number of hydrogen-bond donors (Lipinski definition) is 2. The zero-order valence-corrected chi connectivity index (χ0v) is 13.8. The zero-order valence-electron chi connectivity index (χ0n) is 12.2. The second kappa shape index (κ2) is 6.69. The Balaban J connectivity index is 2.12. The lowest BCUT2D eigenvalue weighted by Crippen LogP contribution is -2.27. The lowest BCUT2D eigenvalue weighted by atomic mass is 10.2. The van der Waals surface area contributed by atoms with Gasteiger partial charge in [0.05, 0.1) is 17.9 Å². The first-order valence-corrected chi connectivity index (χ1v) is 9.13. The van der Waals surface area contributed by atoms with Gasteiger partial charge in [0.25, 0.3) is 0 Å². The van der Waals surface area contributed by atoms with Crippen molar-refractivity contribution in [2.45, 2.75) is 31.7 Å². The van der Waals surface area contributed by atoms with Crippen molar-refractivity contribution in [3.8, 4) is 0 Å². The smallest absolute Gasteiger partial charge is 0.244 e. The second-order valence-electron chi connectivity index (χ2n) is 4.79. The van der Waals surface area contributed by atoms with E-state index in [9.17, 15) is 8.42 Å². The fourth-order valence-electron chi connectivity index (χ4n) is 2.25. The highest BCUT2D eigenvalue weighted by atomic mass is 32.2. The van der Waals surface area contributed by atoms with E-state index in [0.29, 0.717) is 37.4 Å². The monoisotopic (exact) mass is 328 g/mol. The van der Waals surface area contributed by atoms with Crippen LogP contribution in [0.15, 0.2) is 21.7 Å². The van der Waals surface area contributed by atoms with Crippen molar-refractivity contribution in [1.82, 2.24) is 14.5 Å². The lowest BCUT2D eigenvalue weighted by Gasteiger charge is -2.07. The molecule has 0 aliphatic carbocycles. The maximum absolute atomic E-state index is 12.4. The molecule has 3 N–H and O–H groups in total. The molecule has 0 bridgehead atoms. The van der Waals surface area contributed by atoms with E-state index in [1.807, 2.05) is 16.8 Å². The van der Waals surface area contributed by atoms with Gasteiger partial charge in [-0.15, -0.1) is 0 Å². The van der Waals surface area contributed by atoms with Crippen LogP contribution in [-0.4, -0.2) is 31.3 Å². The van der Waals surface area contributed by atoms with Crippen molar-refractivity contribution in [2.75, 3.05) is 13.1 Å². The Labute approximate surface area is 129 Å². The Morgan fingerprint density at radius 1 is 1.43 bits per heavy atom. The summed E-state index contributed by atoms with van der Waals surface area (Å²) in [4.78, 5) is 0.265. The van der Waals surface area contributed by atoms with Crippen LogP contribution in [0.2, 0.25) is 0 Å². The molecule has 0 aliphatic rings. The van der Waals surface area contributed by atoms with E-state index >= 15 is 0 Å². The third-order valence-corrected chi connectivity index (χ3v) is 5.66. The van der Waals surface area contributed by atoms with Crippen molar-refractivity contribution in [3.05, 3.63) is 33.8 Å². The van der Waals surface area contributed by atoms with Crippen molar-refractivity contribution in [1.29, 1.82) is 0 Å². The average Bonchev–Trinajstić information content (AvgIpc) is 2.99. The van der Waals surface area contributed by atoms with Crippen LogP contribution < -0.4 is 10.5 Å². The minimum absolute atomic E-state index is 0.265. The van der Waals surface area contributed by atoms with Gasteiger partial charge in [0.2, 0.25) is 10.0 Å². The van der Waals surface area contributed by atoms with Crippen LogP contribution in [0.4, 0.5) is 0 Å². The average molecular weight is 328 g/mol. The molecular formula is C13H20N4O2S2. The van der Waals surface area contributed by atoms with E-state index in [-0.39, 0.29) is 4.90 Å². The number of rotatable bonds is 7. The Bertz CT molecular complexity index is 690. The topological polar surface area (TPSA) is 90.0 Å².